The summed E-state index contributed by atoms with van der Waals surface area (Å²) in [5.74, 6) is -0.563. The smallest absolute Gasteiger partial charge is 0.311 e. The molecule has 0 aromatic rings. The minimum absolute atomic E-state index is 0.0371. The summed E-state index contributed by atoms with van der Waals surface area (Å²) in [6.07, 6.45) is 1.31. The summed E-state index contributed by atoms with van der Waals surface area (Å²) in [6, 6.07) is 0. The molecule has 0 aliphatic rings. The molecule has 0 aromatic heterocycles. The Labute approximate surface area is 121 Å². The molecule has 0 bridgehead atoms. The molecule has 0 unspecified atom stereocenters. The minimum Gasteiger partial charge on any atom is -0.435 e. The standard InChI is InChI=1S/C15H25NO4/c1-7-20-14(18)8-15(5,6)10-19-9-13(17)16-12(4)11(2)3/h7H,1,8-10H2,2-6H3,(H,16,17). The van der Waals surface area contributed by atoms with Crippen LogP contribution in [0.5, 0.6) is 0 Å². The van der Waals surface area contributed by atoms with Crippen molar-refractivity contribution < 1.29 is 19.1 Å². The SMILES string of the molecule is C=COC(=O)CC(C)(C)COCC(=O)NC(C)=C(C)C. The van der Waals surface area contributed by atoms with E-state index in [4.69, 9.17) is 4.74 Å². The van der Waals surface area contributed by atoms with Crippen LogP contribution in [0.4, 0.5) is 0 Å². The molecule has 0 aromatic carbocycles. The molecule has 5 nitrogen and oxygen atoms in total. The first-order chi connectivity index (χ1) is 9.18. The van der Waals surface area contributed by atoms with E-state index in [-0.39, 0.29) is 24.9 Å². The van der Waals surface area contributed by atoms with Crippen LogP contribution in [0, 0.1) is 5.41 Å². The predicted molar refractivity (Wildman–Crippen MR) is 77.7 cm³/mol. The van der Waals surface area contributed by atoms with Crippen molar-refractivity contribution in [2.75, 3.05) is 13.2 Å². The van der Waals surface area contributed by atoms with Gasteiger partial charge in [0, 0.05) is 5.70 Å². The third-order valence-electron chi connectivity index (χ3n) is 2.64. The molecule has 0 saturated carbocycles. The van der Waals surface area contributed by atoms with Crippen molar-refractivity contribution in [3.8, 4) is 0 Å². The average Bonchev–Trinajstić information content (AvgIpc) is 2.27. The number of nitrogens with one attached hydrogen (secondary N) is 1. The van der Waals surface area contributed by atoms with Crippen molar-refractivity contribution in [1.82, 2.24) is 5.32 Å². The zero-order valence-electron chi connectivity index (χ0n) is 13.0. The van der Waals surface area contributed by atoms with E-state index in [2.05, 4.69) is 16.6 Å². The number of rotatable bonds is 8. The van der Waals surface area contributed by atoms with E-state index in [0.717, 1.165) is 17.5 Å². The van der Waals surface area contributed by atoms with Gasteiger partial charge in [-0.2, -0.15) is 0 Å². The van der Waals surface area contributed by atoms with Gasteiger partial charge in [-0.15, -0.1) is 0 Å². The number of hydrogen-bond acceptors (Lipinski definition) is 4. The molecular formula is C15H25NO4. The predicted octanol–water partition coefficient (Wildman–Crippen LogP) is 2.54. The van der Waals surface area contributed by atoms with Crippen LogP contribution >= 0.6 is 0 Å². The normalized spacial score (nSPS) is 10.7. The summed E-state index contributed by atoms with van der Waals surface area (Å²) in [4.78, 5) is 22.9. The Bertz CT molecular complexity index is 393. The highest BCUT2D eigenvalue weighted by molar-refractivity contribution is 5.79. The first-order valence-corrected chi connectivity index (χ1v) is 6.50. The van der Waals surface area contributed by atoms with E-state index >= 15 is 0 Å². The molecule has 1 N–H and O–H groups in total. The maximum absolute atomic E-state index is 11.6. The maximum Gasteiger partial charge on any atom is 0.311 e. The molecule has 114 valence electrons. The van der Waals surface area contributed by atoms with Crippen LogP contribution in [0.3, 0.4) is 0 Å². The van der Waals surface area contributed by atoms with Crippen LogP contribution in [0.1, 0.15) is 41.0 Å². The summed E-state index contributed by atoms with van der Waals surface area (Å²) in [7, 11) is 0. The molecule has 5 heteroatoms. The number of allylic oxidation sites excluding steroid dienone is 2. The second-order valence-electron chi connectivity index (χ2n) is 5.66. The minimum atomic E-state index is -0.397. The fourth-order valence-corrected chi connectivity index (χ4v) is 1.37. The zero-order chi connectivity index (χ0) is 15.8. The van der Waals surface area contributed by atoms with Gasteiger partial charge in [0.1, 0.15) is 6.61 Å². The lowest BCUT2D eigenvalue weighted by molar-refractivity contribution is -0.141. The number of ether oxygens (including phenoxy) is 2. The van der Waals surface area contributed by atoms with Crippen LogP contribution in [0.15, 0.2) is 24.1 Å². The van der Waals surface area contributed by atoms with Crippen molar-refractivity contribution in [1.29, 1.82) is 0 Å². The van der Waals surface area contributed by atoms with E-state index in [1.807, 2.05) is 34.6 Å². The van der Waals surface area contributed by atoms with Crippen LogP contribution < -0.4 is 5.32 Å². The summed E-state index contributed by atoms with van der Waals surface area (Å²) in [5, 5.41) is 2.74. The first-order valence-electron chi connectivity index (χ1n) is 6.50. The molecule has 0 atom stereocenters. The lowest BCUT2D eigenvalue weighted by atomic mass is 9.90. The Morgan fingerprint density at radius 1 is 1.25 bits per heavy atom. The molecule has 20 heavy (non-hydrogen) atoms. The van der Waals surface area contributed by atoms with Gasteiger partial charge < -0.3 is 14.8 Å². The van der Waals surface area contributed by atoms with E-state index in [1.165, 1.54) is 0 Å². The highest BCUT2D eigenvalue weighted by Gasteiger charge is 2.23. The number of carbonyl (C=O) groups excluding carboxylic acids is 2. The van der Waals surface area contributed by atoms with Gasteiger partial charge in [0.15, 0.2) is 0 Å². The summed E-state index contributed by atoms with van der Waals surface area (Å²) in [5.41, 5.74) is 1.48. The summed E-state index contributed by atoms with van der Waals surface area (Å²) in [6.45, 7) is 13.0. The third kappa shape index (κ3) is 8.48. The molecule has 0 aliphatic carbocycles. The van der Waals surface area contributed by atoms with Crippen molar-refractivity contribution in [3.05, 3.63) is 24.1 Å². The van der Waals surface area contributed by atoms with Gasteiger partial charge >= 0.3 is 5.97 Å². The second-order valence-corrected chi connectivity index (χ2v) is 5.66. The zero-order valence-corrected chi connectivity index (χ0v) is 13.0. The molecule has 0 rings (SSSR count). The van der Waals surface area contributed by atoms with E-state index < -0.39 is 5.41 Å². The van der Waals surface area contributed by atoms with Gasteiger partial charge in [-0.1, -0.05) is 26.0 Å². The number of esters is 1. The van der Waals surface area contributed by atoms with Crippen molar-refractivity contribution in [3.63, 3.8) is 0 Å². The third-order valence-corrected chi connectivity index (χ3v) is 2.64. The van der Waals surface area contributed by atoms with Crippen molar-refractivity contribution in [2.45, 2.75) is 41.0 Å². The van der Waals surface area contributed by atoms with Gasteiger partial charge in [-0.3, -0.25) is 9.59 Å². The summed E-state index contributed by atoms with van der Waals surface area (Å²) >= 11 is 0. The lowest BCUT2D eigenvalue weighted by Crippen LogP contribution is -2.30. The molecule has 1 amide bonds. The quantitative estimate of drug-likeness (QED) is 0.549. The maximum atomic E-state index is 11.6. The highest BCUT2D eigenvalue weighted by atomic mass is 16.5. The number of amides is 1. The molecule has 0 aliphatic heterocycles. The van der Waals surface area contributed by atoms with E-state index in [1.54, 1.807) is 0 Å². The lowest BCUT2D eigenvalue weighted by Gasteiger charge is -2.22. The highest BCUT2D eigenvalue weighted by Crippen LogP contribution is 2.21. The van der Waals surface area contributed by atoms with Crippen molar-refractivity contribution >= 4 is 11.9 Å². The van der Waals surface area contributed by atoms with Crippen molar-refractivity contribution in [2.24, 2.45) is 5.41 Å². The average molecular weight is 283 g/mol. The van der Waals surface area contributed by atoms with Crippen LogP contribution in [-0.4, -0.2) is 25.1 Å². The van der Waals surface area contributed by atoms with Gasteiger partial charge in [0.25, 0.3) is 0 Å². The Morgan fingerprint density at radius 3 is 2.35 bits per heavy atom. The fraction of sp³-hybridized carbons (Fsp3) is 0.600. The molecule has 0 saturated heterocycles. The number of carbonyl (C=O) groups is 2. The molecule has 0 spiro atoms. The Morgan fingerprint density at radius 2 is 1.85 bits per heavy atom. The topological polar surface area (TPSA) is 64.6 Å². The van der Waals surface area contributed by atoms with Gasteiger partial charge in [0.2, 0.25) is 5.91 Å². The largest absolute Gasteiger partial charge is 0.435 e. The van der Waals surface area contributed by atoms with Crippen LogP contribution in [-0.2, 0) is 19.1 Å². The Hall–Kier alpha value is -1.62. The monoisotopic (exact) mass is 283 g/mol. The first kappa shape index (κ1) is 18.4. The molecule has 0 fully saturated rings. The van der Waals surface area contributed by atoms with Gasteiger partial charge in [-0.05, 0) is 26.2 Å². The Balaban J connectivity index is 4.10. The summed E-state index contributed by atoms with van der Waals surface area (Å²) < 4.78 is 10.0. The van der Waals surface area contributed by atoms with Gasteiger partial charge in [-0.25, -0.2) is 0 Å². The van der Waals surface area contributed by atoms with E-state index in [0.29, 0.717) is 6.61 Å². The number of hydrogen-bond donors (Lipinski definition) is 1. The van der Waals surface area contributed by atoms with E-state index in [9.17, 15) is 9.59 Å². The Kier molecular flexibility index (Phi) is 7.84. The molecule has 0 heterocycles. The molecule has 0 radical (unpaired) electrons. The van der Waals surface area contributed by atoms with Crippen LogP contribution in [0.25, 0.3) is 0 Å². The van der Waals surface area contributed by atoms with Crippen LogP contribution in [0.2, 0.25) is 0 Å². The molecular weight excluding hydrogens is 258 g/mol. The fourth-order valence-electron chi connectivity index (χ4n) is 1.37. The van der Waals surface area contributed by atoms with Gasteiger partial charge in [0.05, 0.1) is 19.3 Å². The second kappa shape index (κ2) is 8.53.